The van der Waals surface area contributed by atoms with Crippen LogP contribution in [0.1, 0.15) is 331 Å². The monoisotopic (exact) mass is 1280 g/mol. The molecule has 0 heterocycles. The average molecular weight is 1280 g/mol. The topological polar surface area (TPSA) is 237 Å². The molecule has 0 aliphatic rings. The van der Waals surface area contributed by atoms with Crippen LogP contribution in [0.3, 0.4) is 0 Å². The summed E-state index contributed by atoms with van der Waals surface area (Å²) in [6.07, 6.45) is 39.0. The summed E-state index contributed by atoms with van der Waals surface area (Å²) in [5, 5.41) is 10.6. The second-order valence-electron chi connectivity index (χ2n) is 26.5. The summed E-state index contributed by atoms with van der Waals surface area (Å²) in [5.74, 6) is 0.798. The minimum absolute atomic E-state index is 0.102. The molecular weight excluding hydrogens is 1150 g/mol. The molecule has 0 spiro atoms. The molecule has 0 aromatic rings. The SMILES string of the molecule is CC(C)CCCCCCCCCCCCC(=O)OC[C@H](COP(=O)(O)OCC(O)COP(=O)(O)OC[C@@H](COC(=O)CCCCCCCCCCC(C)C)OC(=O)CCCCCCCCCC(C)C)OC(=O)CCCCCCCCCCCCC(C)C. The van der Waals surface area contributed by atoms with Crippen LogP contribution >= 0.6 is 15.6 Å². The van der Waals surface area contributed by atoms with Gasteiger partial charge in [-0.05, 0) is 49.4 Å². The number of phosphoric acid groups is 2. The highest BCUT2D eigenvalue weighted by molar-refractivity contribution is 7.47. The van der Waals surface area contributed by atoms with Crippen LogP contribution in [0.25, 0.3) is 0 Å². The Morgan fingerprint density at radius 2 is 0.483 bits per heavy atom. The number of phosphoric ester groups is 2. The number of aliphatic hydroxyl groups excluding tert-OH is 1. The van der Waals surface area contributed by atoms with Crippen LogP contribution in [0, 0.1) is 23.7 Å². The Hall–Kier alpha value is -1.94. The second kappa shape index (κ2) is 57.9. The standard InChI is InChI=1S/C68H132O17P2/c1-58(2)44-36-28-20-13-9-11-15-24-32-40-48-65(70)78-54-63(84-67(72)50-42-34-26-16-12-10-14-21-29-37-45-59(3)4)56-82-86(74,75)80-52-62(69)53-81-87(76,77)83-57-64(85-68(73)51-43-35-27-19-23-31-39-47-61(7)8)55-79-66(71)49-41-33-25-18-17-22-30-38-46-60(5)6/h58-64,69H,9-57H2,1-8H3,(H,74,75)(H,76,77)/t62?,63-,64-/m1/s1. The van der Waals surface area contributed by atoms with Gasteiger partial charge >= 0.3 is 39.5 Å². The number of ether oxygens (including phenoxy) is 4. The number of aliphatic hydroxyl groups is 1. The summed E-state index contributed by atoms with van der Waals surface area (Å²) in [5.41, 5.74) is 0. The molecule has 0 aliphatic heterocycles. The molecule has 0 radical (unpaired) electrons. The summed E-state index contributed by atoms with van der Waals surface area (Å²) in [6.45, 7) is 14.0. The fourth-order valence-electron chi connectivity index (χ4n) is 10.1. The van der Waals surface area contributed by atoms with Gasteiger partial charge in [-0.3, -0.25) is 37.3 Å². The van der Waals surface area contributed by atoms with Crippen molar-refractivity contribution in [1.29, 1.82) is 0 Å². The number of hydrogen-bond acceptors (Lipinski definition) is 15. The molecule has 17 nitrogen and oxygen atoms in total. The van der Waals surface area contributed by atoms with E-state index < -0.39 is 97.5 Å². The molecule has 0 amide bonds. The van der Waals surface area contributed by atoms with Gasteiger partial charge in [0.1, 0.15) is 19.3 Å². The van der Waals surface area contributed by atoms with Gasteiger partial charge in [0.25, 0.3) is 0 Å². The summed E-state index contributed by atoms with van der Waals surface area (Å²) < 4.78 is 68.2. The van der Waals surface area contributed by atoms with Crippen LogP contribution < -0.4 is 0 Å². The number of esters is 4. The minimum atomic E-state index is -4.95. The van der Waals surface area contributed by atoms with Crippen LogP contribution in [0.15, 0.2) is 0 Å². The van der Waals surface area contributed by atoms with Gasteiger partial charge in [-0.1, -0.05) is 280 Å². The largest absolute Gasteiger partial charge is 0.472 e. The number of hydrogen-bond donors (Lipinski definition) is 3. The third kappa shape index (κ3) is 62.6. The highest BCUT2D eigenvalue weighted by Gasteiger charge is 2.30. The molecule has 19 heteroatoms. The maximum atomic E-state index is 13.0. The normalized spacial score (nSPS) is 14.3. The van der Waals surface area contributed by atoms with Crippen LogP contribution in [0.5, 0.6) is 0 Å². The molecule has 0 rings (SSSR count). The lowest BCUT2D eigenvalue weighted by atomic mass is 10.0. The zero-order valence-corrected chi connectivity index (χ0v) is 58.4. The van der Waals surface area contributed by atoms with Crippen LogP contribution in [-0.2, 0) is 65.4 Å². The Bertz CT molecular complexity index is 1730. The molecule has 3 N–H and O–H groups in total. The molecule has 0 aliphatic carbocycles. The Balaban J connectivity index is 5.26. The molecular formula is C68H132O17P2. The quantitative estimate of drug-likeness (QED) is 0.0222. The molecule has 0 aromatic carbocycles. The number of carbonyl (C=O) groups is 4. The molecule has 0 saturated heterocycles. The minimum Gasteiger partial charge on any atom is -0.462 e. The van der Waals surface area contributed by atoms with E-state index in [0.29, 0.717) is 31.6 Å². The Kier molecular flexibility index (Phi) is 56.6. The van der Waals surface area contributed by atoms with Crippen LogP contribution in [0.4, 0.5) is 0 Å². The van der Waals surface area contributed by atoms with Crippen molar-refractivity contribution in [3.63, 3.8) is 0 Å². The van der Waals surface area contributed by atoms with Gasteiger partial charge in [-0.25, -0.2) is 9.13 Å². The predicted octanol–water partition coefficient (Wildman–Crippen LogP) is 18.9. The van der Waals surface area contributed by atoms with Crippen molar-refractivity contribution in [2.24, 2.45) is 23.7 Å². The second-order valence-corrected chi connectivity index (χ2v) is 29.4. The van der Waals surface area contributed by atoms with E-state index in [1.165, 1.54) is 135 Å². The first-order chi connectivity index (χ1) is 41.6. The van der Waals surface area contributed by atoms with E-state index in [0.717, 1.165) is 108 Å². The summed E-state index contributed by atoms with van der Waals surface area (Å²) in [6, 6.07) is 0. The van der Waals surface area contributed by atoms with E-state index >= 15 is 0 Å². The summed E-state index contributed by atoms with van der Waals surface area (Å²) >= 11 is 0. The fraction of sp³-hybridized carbons (Fsp3) is 0.941. The lowest BCUT2D eigenvalue weighted by molar-refractivity contribution is -0.161. The highest BCUT2D eigenvalue weighted by atomic mass is 31.2. The van der Waals surface area contributed by atoms with Gasteiger partial charge < -0.3 is 33.8 Å². The highest BCUT2D eigenvalue weighted by Crippen LogP contribution is 2.45. The Labute approximate surface area is 530 Å². The van der Waals surface area contributed by atoms with E-state index in [2.05, 4.69) is 55.4 Å². The van der Waals surface area contributed by atoms with Gasteiger partial charge in [-0.15, -0.1) is 0 Å². The van der Waals surface area contributed by atoms with Crippen LogP contribution in [0.2, 0.25) is 0 Å². The molecule has 0 saturated carbocycles. The molecule has 0 fully saturated rings. The molecule has 0 aromatic heterocycles. The number of unbranched alkanes of at least 4 members (excludes halogenated alkanes) is 31. The van der Waals surface area contributed by atoms with Crippen LogP contribution in [-0.4, -0.2) is 96.7 Å². The third-order valence-corrected chi connectivity index (χ3v) is 17.5. The van der Waals surface area contributed by atoms with Crippen molar-refractivity contribution in [2.45, 2.75) is 350 Å². The van der Waals surface area contributed by atoms with Gasteiger partial charge in [-0.2, -0.15) is 0 Å². The van der Waals surface area contributed by atoms with Crippen molar-refractivity contribution in [2.75, 3.05) is 39.6 Å². The van der Waals surface area contributed by atoms with Crippen molar-refractivity contribution in [1.82, 2.24) is 0 Å². The third-order valence-electron chi connectivity index (χ3n) is 15.6. The number of rotatable bonds is 65. The van der Waals surface area contributed by atoms with Crippen molar-refractivity contribution < 1.29 is 80.2 Å². The molecule has 3 unspecified atom stereocenters. The van der Waals surface area contributed by atoms with Gasteiger partial charge in [0.05, 0.1) is 26.4 Å². The first-order valence-corrected chi connectivity index (χ1v) is 38.2. The van der Waals surface area contributed by atoms with Crippen molar-refractivity contribution in [3.8, 4) is 0 Å². The van der Waals surface area contributed by atoms with Gasteiger partial charge in [0.2, 0.25) is 0 Å². The fourth-order valence-corrected chi connectivity index (χ4v) is 11.7. The Morgan fingerprint density at radius 1 is 0.287 bits per heavy atom. The van der Waals surface area contributed by atoms with E-state index in [1.807, 2.05) is 0 Å². The Morgan fingerprint density at radius 3 is 0.713 bits per heavy atom. The smallest absolute Gasteiger partial charge is 0.462 e. The summed E-state index contributed by atoms with van der Waals surface area (Å²) in [4.78, 5) is 72.4. The maximum Gasteiger partial charge on any atom is 0.472 e. The molecule has 516 valence electrons. The van der Waals surface area contributed by atoms with Gasteiger partial charge in [0, 0.05) is 25.7 Å². The predicted molar refractivity (Wildman–Crippen MR) is 349 cm³/mol. The first kappa shape index (κ1) is 85.1. The lowest BCUT2D eigenvalue weighted by Gasteiger charge is -2.21. The van der Waals surface area contributed by atoms with E-state index in [1.54, 1.807) is 0 Å². The molecule has 87 heavy (non-hydrogen) atoms. The van der Waals surface area contributed by atoms with Gasteiger partial charge in [0.15, 0.2) is 12.2 Å². The van der Waals surface area contributed by atoms with E-state index in [4.69, 9.17) is 37.0 Å². The lowest BCUT2D eigenvalue weighted by Crippen LogP contribution is -2.30. The van der Waals surface area contributed by atoms with E-state index in [9.17, 15) is 43.2 Å². The molecule has 5 atom stereocenters. The van der Waals surface area contributed by atoms with Crippen molar-refractivity contribution >= 4 is 39.5 Å². The first-order valence-electron chi connectivity index (χ1n) is 35.2. The maximum absolute atomic E-state index is 13.0. The van der Waals surface area contributed by atoms with E-state index in [-0.39, 0.29) is 25.7 Å². The molecule has 0 bridgehead atoms. The zero-order chi connectivity index (χ0) is 64.7. The number of carbonyl (C=O) groups excluding carboxylic acids is 4. The average Bonchev–Trinajstić information content (AvgIpc) is 3.67. The van der Waals surface area contributed by atoms with Crippen molar-refractivity contribution in [3.05, 3.63) is 0 Å². The zero-order valence-electron chi connectivity index (χ0n) is 56.6. The summed E-state index contributed by atoms with van der Waals surface area (Å²) in [7, 11) is -9.90.